The van der Waals surface area contributed by atoms with E-state index in [9.17, 15) is 10.1 Å². The topological polar surface area (TPSA) is 44.1 Å². The number of rotatable bonds is 3. The Morgan fingerprint density at radius 1 is 1.32 bits per heavy atom. The highest BCUT2D eigenvalue weighted by Crippen LogP contribution is 2.24. The predicted octanol–water partition coefficient (Wildman–Crippen LogP) is 3.39. The van der Waals surface area contributed by atoms with Crippen LogP contribution in [0.3, 0.4) is 0 Å². The number of benzene rings is 1. The molecule has 0 aliphatic heterocycles. The normalized spacial score (nSPS) is 11.6. The van der Waals surface area contributed by atoms with Crippen molar-refractivity contribution in [3.63, 3.8) is 0 Å². The van der Waals surface area contributed by atoms with Crippen LogP contribution in [-0.4, -0.2) is 17.9 Å². The molecule has 19 heavy (non-hydrogen) atoms. The monoisotopic (exact) mass is 270 g/mol. The van der Waals surface area contributed by atoms with Gasteiger partial charge in [-0.25, -0.2) is 0 Å². The molecule has 0 radical (unpaired) electrons. The molecule has 1 unspecified atom stereocenters. The van der Waals surface area contributed by atoms with Crippen molar-refractivity contribution in [2.24, 2.45) is 0 Å². The van der Waals surface area contributed by atoms with Gasteiger partial charge in [0.15, 0.2) is 0 Å². The van der Waals surface area contributed by atoms with Gasteiger partial charge in [0, 0.05) is 7.05 Å². The summed E-state index contributed by atoms with van der Waals surface area (Å²) in [5.41, 5.74) is 1.89. The summed E-state index contributed by atoms with van der Waals surface area (Å²) in [6.45, 7) is 1.95. The molecule has 0 N–H and O–H groups in total. The number of hydrogen-bond acceptors (Lipinski definition) is 3. The minimum Gasteiger partial charge on any atom is -0.321 e. The van der Waals surface area contributed by atoms with Gasteiger partial charge in [-0.15, -0.1) is 11.3 Å². The van der Waals surface area contributed by atoms with E-state index in [0.29, 0.717) is 4.88 Å². The van der Waals surface area contributed by atoms with Crippen molar-refractivity contribution in [1.82, 2.24) is 4.90 Å². The van der Waals surface area contributed by atoms with Gasteiger partial charge in [0.2, 0.25) is 0 Å². The molecule has 1 atom stereocenters. The third kappa shape index (κ3) is 2.67. The summed E-state index contributed by atoms with van der Waals surface area (Å²) < 4.78 is 0. The number of thiophene rings is 1. The summed E-state index contributed by atoms with van der Waals surface area (Å²) in [6.07, 6.45) is 0. The zero-order chi connectivity index (χ0) is 13.8. The van der Waals surface area contributed by atoms with E-state index >= 15 is 0 Å². The molecule has 96 valence electrons. The molecule has 0 saturated carbocycles. The Balaban J connectivity index is 2.31. The molecular formula is C15H14N2OS. The van der Waals surface area contributed by atoms with Gasteiger partial charge in [-0.2, -0.15) is 5.26 Å². The lowest BCUT2D eigenvalue weighted by Gasteiger charge is -2.23. The number of carbonyl (C=O) groups is 1. The summed E-state index contributed by atoms with van der Waals surface area (Å²) in [6, 6.07) is 12.9. The first kappa shape index (κ1) is 13.3. The van der Waals surface area contributed by atoms with E-state index in [1.165, 1.54) is 16.2 Å². The molecule has 2 rings (SSSR count). The maximum absolute atomic E-state index is 12.3. The van der Waals surface area contributed by atoms with Crippen LogP contribution in [0.1, 0.15) is 26.8 Å². The van der Waals surface area contributed by atoms with Crippen LogP contribution < -0.4 is 0 Å². The van der Waals surface area contributed by atoms with Crippen LogP contribution in [0.15, 0.2) is 41.8 Å². The first-order valence-corrected chi connectivity index (χ1v) is 6.79. The third-order valence-electron chi connectivity index (χ3n) is 3.04. The van der Waals surface area contributed by atoms with Crippen LogP contribution in [0.2, 0.25) is 0 Å². The number of nitrogens with zero attached hydrogens (tertiary/aromatic N) is 2. The van der Waals surface area contributed by atoms with Crippen molar-refractivity contribution >= 4 is 17.2 Å². The fourth-order valence-corrected chi connectivity index (χ4v) is 2.66. The maximum Gasteiger partial charge on any atom is 0.264 e. The lowest BCUT2D eigenvalue weighted by Crippen LogP contribution is -2.30. The highest BCUT2D eigenvalue weighted by atomic mass is 32.1. The second-order valence-corrected chi connectivity index (χ2v) is 5.23. The first-order chi connectivity index (χ1) is 9.15. The van der Waals surface area contributed by atoms with Crippen LogP contribution in [0, 0.1) is 18.3 Å². The molecule has 0 saturated heterocycles. The van der Waals surface area contributed by atoms with E-state index in [1.54, 1.807) is 13.1 Å². The molecule has 3 nitrogen and oxygen atoms in total. The fourth-order valence-electron chi connectivity index (χ4n) is 1.95. The highest BCUT2D eigenvalue weighted by molar-refractivity contribution is 7.12. The Labute approximate surface area is 116 Å². The van der Waals surface area contributed by atoms with Crippen LogP contribution in [0.4, 0.5) is 0 Å². The molecule has 1 heterocycles. The van der Waals surface area contributed by atoms with E-state index in [0.717, 1.165) is 11.1 Å². The van der Waals surface area contributed by atoms with E-state index in [-0.39, 0.29) is 5.91 Å². The Kier molecular flexibility index (Phi) is 3.98. The molecule has 0 aliphatic rings. The molecule has 1 aromatic heterocycles. The van der Waals surface area contributed by atoms with Crippen molar-refractivity contribution in [2.75, 3.05) is 7.05 Å². The molecule has 1 amide bonds. The van der Waals surface area contributed by atoms with E-state index < -0.39 is 6.04 Å². The van der Waals surface area contributed by atoms with Crippen LogP contribution in [0.25, 0.3) is 0 Å². The lowest BCUT2D eigenvalue weighted by atomic mass is 10.0. The van der Waals surface area contributed by atoms with E-state index in [2.05, 4.69) is 6.07 Å². The predicted molar refractivity (Wildman–Crippen MR) is 75.9 cm³/mol. The van der Waals surface area contributed by atoms with Crippen LogP contribution >= 0.6 is 11.3 Å². The molecule has 0 spiro atoms. The molecule has 0 aliphatic carbocycles. The van der Waals surface area contributed by atoms with Crippen molar-refractivity contribution in [3.05, 3.63) is 57.8 Å². The van der Waals surface area contributed by atoms with Crippen LogP contribution in [0.5, 0.6) is 0 Å². The van der Waals surface area contributed by atoms with E-state index in [1.807, 2.05) is 42.6 Å². The summed E-state index contributed by atoms with van der Waals surface area (Å²) in [7, 11) is 1.67. The van der Waals surface area contributed by atoms with Crippen molar-refractivity contribution in [1.29, 1.82) is 5.26 Å². The Morgan fingerprint density at radius 3 is 2.63 bits per heavy atom. The van der Waals surface area contributed by atoms with Gasteiger partial charge in [-0.3, -0.25) is 4.79 Å². The van der Waals surface area contributed by atoms with Gasteiger partial charge in [0.1, 0.15) is 6.04 Å². The van der Waals surface area contributed by atoms with Gasteiger partial charge in [-0.05, 0) is 29.5 Å². The van der Waals surface area contributed by atoms with Gasteiger partial charge < -0.3 is 4.90 Å². The number of amides is 1. The Morgan fingerprint density at radius 2 is 2.05 bits per heavy atom. The largest absolute Gasteiger partial charge is 0.321 e. The van der Waals surface area contributed by atoms with Gasteiger partial charge >= 0.3 is 0 Å². The molecule has 1 aromatic carbocycles. The minimum absolute atomic E-state index is 0.121. The van der Waals surface area contributed by atoms with E-state index in [4.69, 9.17) is 0 Å². The lowest BCUT2D eigenvalue weighted by molar-refractivity contribution is 0.0768. The zero-order valence-electron chi connectivity index (χ0n) is 10.8. The summed E-state index contributed by atoms with van der Waals surface area (Å²) in [5.74, 6) is -0.121. The molecular weight excluding hydrogens is 256 g/mol. The number of hydrogen-bond donors (Lipinski definition) is 0. The van der Waals surface area contributed by atoms with Crippen LogP contribution in [-0.2, 0) is 0 Å². The Bertz CT molecular complexity index is 613. The average Bonchev–Trinajstić information content (AvgIpc) is 2.94. The summed E-state index contributed by atoms with van der Waals surface area (Å²) in [5, 5.41) is 11.2. The van der Waals surface area contributed by atoms with Crippen molar-refractivity contribution in [2.45, 2.75) is 13.0 Å². The summed E-state index contributed by atoms with van der Waals surface area (Å²) in [4.78, 5) is 14.4. The molecule has 0 fully saturated rings. The smallest absolute Gasteiger partial charge is 0.264 e. The number of carbonyl (C=O) groups excluding carboxylic acids is 1. The van der Waals surface area contributed by atoms with Crippen molar-refractivity contribution in [3.8, 4) is 6.07 Å². The average molecular weight is 270 g/mol. The molecule has 0 bridgehead atoms. The Hall–Kier alpha value is -2.12. The highest BCUT2D eigenvalue weighted by Gasteiger charge is 2.23. The maximum atomic E-state index is 12.3. The first-order valence-electron chi connectivity index (χ1n) is 5.91. The summed E-state index contributed by atoms with van der Waals surface area (Å²) >= 11 is 1.39. The fraction of sp³-hybridized carbons (Fsp3) is 0.200. The SMILES string of the molecule is Cc1ccccc1C(C#N)N(C)C(=O)c1cccs1. The second-order valence-electron chi connectivity index (χ2n) is 4.28. The zero-order valence-corrected chi connectivity index (χ0v) is 11.6. The standard InChI is InChI=1S/C15H14N2OS/c1-11-6-3-4-7-12(11)13(10-16)17(2)15(18)14-8-5-9-19-14/h3-9,13H,1-2H3. The third-order valence-corrected chi connectivity index (χ3v) is 3.90. The van der Waals surface area contributed by atoms with Gasteiger partial charge in [0.25, 0.3) is 5.91 Å². The molecule has 4 heteroatoms. The minimum atomic E-state index is -0.559. The quantitative estimate of drug-likeness (QED) is 0.858. The van der Waals surface area contributed by atoms with Gasteiger partial charge in [0.05, 0.1) is 10.9 Å². The molecule has 2 aromatic rings. The van der Waals surface area contributed by atoms with Crippen molar-refractivity contribution < 1.29 is 4.79 Å². The van der Waals surface area contributed by atoms with Gasteiger partial charge in [-0.1, -0.05) is 30.3 Å². The number of aryl methyl sites for hydroxylation is 1. The second kappa shape index (κ2) is 5.68. The number of nitriles is 1.